The van der Waals surface area contributed by atoms with Gasteiger partial charge in [0.2, 0.25) is 0 Å². The van der Waals surface area contributed by atoms with Crippen LogP contribution in [0.25, 0.3) is 0 Å². The van der Waals surface area contributed by atoms with Crippen molar-refractivity contribution in [3.05, 3.63) is 52.0 Å². The first kappa shape index (κ1) is 21.1. The molecule has 0 aliphatic carbocycles. The van der Waals surface area contributed by atoms with Crippen molar-refractivity contribution < 1.29 is 0 Å². The van der Waals surface area contributed by atoms with Gasteiger partial charge in [0.15, 0.2) is 5.96 Å². The third-order valence-electron chi connectivity index (χ3n) is 4.47. The molecule has 2 heterocycles. The van der Waals surface area contributed by atoms with Crippen LogP contribution in [-0.2, 0) is 13.1 Å². The summed E-state index contributed by atoms with van der Waals surface area (Å²) in [5.41, 5.74) is 4.38. The fourth-order valence-electron chi connectivity index (χ4n) is 3.01. The van der Waals surface area contributed by atoms with E-state index in [1.54, 1.807) is 11.3 Å². The van der Waals surface area contributed by atoms with Gasteiger partial charge in [-0.25, -0.2) is 9.98 Å². The maximum Gasteiger partial charge on any atom is 0.194 e. The van der Waals surface area contributed by atoms with Crippen molar-refractivity contribution >= 4 is 41.3 Å². The number of rotatable bonds is 5. The predicted molar refractivity (Wildman–Crippen MR) is 120 cm³/mol. The van der Waals surface area contributed by atoms with E-state index in [1.807, 2.05) is 5.51 Å². The van der Waals surface area contributed by atoms with Crippen LogP contribution in [0.1, 0.15) is 23.1 Å². The smallest absolute Gasteiger partial charge is 0.194 e. The highest BCUT2D eigenvalue weighted by Gasteiger charge is 2.19. The summed E-state index contributed by atoms with van der Waals surface area (Å²) in [7, 11) is 0. The Morgan fingerprint density at radius 1 is 1.19 bits per heavy atom. The molecule has 0 atom stereocenters. The van der Waals surface area contributed by atoms with Crippen LogP contribution in [0, 0.1) is 6.92 Å². The minimum absolute atomic E-state index is 0. The lowest BCUT2D eigenvalue weighted by Gasteiger charge is -2.36. The lowest BCUT2D eigenvalue weighted by Crippen LogP contribution is -2.52. The summed E-state index contributed by atoms with van der Waals surface area (Å²) < 4.78 is 0. The molecule has 7 heteroatoms. The Kier molecular flexibility index (Phi) is 8.80. The van der Waals surface area contributed by atoms with Crippen molar-refractivity contribution in [3.63, 3.8) is 0 Å². The second kappa shape index (κ2) is 10.8. The largest absolute Gasteiger partial charge is 0.357 e. The summed E-state index contributed by atoms with van der Waals surface area (Å²) in [6.07, 6.45) is 0. The van der Waals surface area contributed by atoms with Gasteiger partial charge in [0, 0.05) is 44.1 Å². The number of aliphatic imine (C=N–C) groups is 1. The minimum atomic E-state index is 0. The number of nitrogens with one attached hydrogen (secondary N) is 1. The molecule has 3 rings (SSSR count). The standard InChI is InChI=1S/C19H27N5S.HI/c1-3-20-19(21-13-18-16(2)22-15-25-18)24-11-9-23(10-12-24)14-17-7-5-4-6-8-17;/h4-8,15H,3,9-14H2,1-2H3,(H,20,21);1H. The number of halogens is 1. The first-order valence-electron chi connectivity index (χ1n) is 8.94. The Labute approximate surface area is 177 Å². The number of thiazole rings is 1. The first-order chi connectivity index (χ1) is 12.3. The Morgan fingerprint density at radius 2 is 1.92 bits per heavy atom. The Balaban J connectivity index is 0.00000243. The lowest BCUT2D eigenvalue weighted by molar-refractivity contribution is 0.172. The molecule has 1 aromatic carbocycles. The van der Waals surface area contributed by atoms with Gasteiger partial charge in [-0.1, -0.05) is 30.3 Å². The molecule has 0 bridgehead atoms. The van der Waals surface area contributed by atoms with Crippen LogP contribution in [0.5, 0.6) is 0 Å². The van der Waals surface area contributed by atoms with Gasteiger partial charge in [0.05, 0.1) is 17.7 Å². The normalized spacial score (nSPS) is 15.6. The molecule has 0 unspecified atom stereocenters. The lowest BCUT2D eigenvalue weighted by atomic mass is 10.2. The van der Waals surface area contributed by atoms with E-state index < -0.39 is 0 Å². The van der Waals surface area contributed by atoms with Gasteiger partial charge in [-0.05, 0) is 19.4 Å². The summed E-state index contributed by atoms with van der Waals surface area (Å²) in [6, 6.07) is 10.7. The Hall–Kier alpha value is -1.19. The second-order valence-electron chi connectivity index (χ2n) is 6.28. The van der Waals surface area contributed by atoms with Crippen LogP contribution in [0.3, 0.4) is 0 Å². The summed E-state index contributed by atoms with van der Waals surface area (Å²) in [4.78, 5) is 15.3. The second-order valence-corrected chi connectivity index (χ2v) is 7.22. The van der Waals surface area contributed by atoms with Crippen LogP contribution >= 0.6 is 35.3 Å². The van der Waals surface area contributed by atoms with E-state index in [0.29, 0.717) is 6.54 Å². The van der Waals surface area contributed by atoms with Crippen molar-refractivity contribution in [1.82, 2.24) is 20.1 Å². The quantitative estimate of drug-likeness (QED) is 0.401. The first-order valence-corrected chi connectivity index (χ1v) is 9.82. The Morgan fingerprint density at radius 3 is 2.54 bits per heavy atom. The number of hydrogen-bond acceptors (Lipinski definition) is 4. The number of nitrogens with zero attached hydrogens (tertiary/aromatic N) is 4. The van der Waals surface area contributed by atoms with Crippen LogP contribution in [0.4, 0.5) is 0 Å². The molecule has 1 fully saturated rings. The molecule has 5 nitrogen and oxygen atoms in total. The Bertz CT molecular complexity index is 680. The molecule has 26 heavy (non-hydrogen) atoms. The highest BCUT2D eigenvalue weighted by Crippen LogP contribution is 2.14. The average Bonchev–Trinajstić information content (AvgIpc) is 3.05. The predicted octanol–water partition coefficient (Wildman–Crippen LogP) is 3.35. The third-order valence-corrected chi connectivity index (χ3v) is 5.39. The number of guanidine groups is 1. The van der Waals surface area contributed by atoms with Gasteiger partial charge < -0.3 is 10.2 Å². The van der Waals surface area contributed by atoms with Gasteiger partial charge in [-0.3, -0.25) is 4.90 Å². The molecule has 0 saturated carbocycles. The van der Waals surface area contributed by atoms with Gasteiger partial charge in [-0.2, -0.15) is 0 Å². The topological polar surface area (TPSA) is 43.8 Å². The molecule has 0 amide bonds. The molecule has 1 aliphatic rings. The molecule has 1 aromatic heterocycles. The zero-order valence-electron chi connectivity index (χ0n) is 15.5. The highest BCUT2D eigenvalue weighted by atomic mass is 127. The molecular formula is C19H28IN5S. The summed E-state index contributed by atoms with van der Waals surface area (Å²) >= 11 is 1.69. The van der Waals surface area contributed by atoms with Gasteiger partial charge in [-0.15, -0.1) is 35.3 Å². The zero-order chi connectivity index (χ0) is 17.5. The fourth-order valence-corrected chi connectivity index (χ4v) is 3.71. The summed E-state index contributed by atoms with van der Waals surface area (Å²) in [5.74, 6) is 1.02. The fraction of sp³-hybridized carbons (Fsp3) is 0.474. The van der Waals surface area contributed by atoms with Crippen molar-refractivity contribution in [2.24, 2.45) is 4.99 Å². The van der Waals surface area contributed by atoms with E-state index in [4.69, 9.17) is 4.99 Å². The maximum absolute atomic E-state index is 4.83. The molecular weight excluding hydrogens is 457 g/mol. The molecule has 0 spiro atoms. The number of aromatic nitrogens is 1. The minimum Gasteiger partial charge on any atom is -0.357 e. The van der Waals surface area contributed by atoms with E-state index in [0.717, 1.165) is 50.9 Å². The molecule has 142 valence electrons. The van der Waals surface area contributed by atoms with Crippen molar-refractivity contribution in [2.75, 3.05) is 32.7 Å². The molecule has 1 saturated heterocycles. The number of aryl methyl sites for hydroxylation is 1. The van der Waals surface area contributed by atoms with Gasteiger partial charge in [0.25, 0.3) is 0 Å². The van der Waals surface area contributed by atoms with E-state index in [9.17, 15) is 0 Å². The van der Waals surface area contributed by atoms with Crippen LogP contribution in [-0.4, -0.2) is 53.5 Å². The van der Waals surface area contributed by atoms with Crippen molar-refractivity contribution in [3.8, 4) is 0 Å². The zero-order valence-corrected chi connectivity index (χ0v) is 18.7. The van der Waals surface area contributed by atoms with E-state index >= 15 is 0 Å². The number of benzene rings is 1. The van der Waals surface area contributed by atoms with E-state index in [2.05, 4.69) is 64.3 Å². The summed E-state index contributed by atoms with van der Waals surface area (Å²) in [5, 5.41) is 3.44. The van der Waals surface area contributed by atoms with Crippen LogP contribution in [0.15, 0.2) is 40.8 Å². The number of hydrogen-bond donors (Lipinski definition) is 1. The molecule has 1 aliphatic heterocycles. The van der Waals surface area contributed by atoms with Crippen LogP contribution in [0.2, 0.25) is 0 Å². The van der Waals surface area contributed by atoms with Gasteiger partial charge >= 0.3 is 0 Å². The average molecular weight is 485 g/mol. The number of piperazine rings is 1. The van der Waals surface area contributed by atoms with Crippen LogP contribution < -0.4 is 5.32 Å². The monoisotopic (exact) mass is 485 g/mol. The van der Waals surface area contributed by atoms with Crippen molar-refractivity contribution in [1.29, 1.82) is 0 Å². The maximum atomic E-state index is 4.83. The molecule has 1 N–H and O–H groups in total. The van der Waals surface area contributed by atoms with E-state index in [-0.39, 0.29) is 24.0 Å². The SMILES string of the molecule is CCNC(=NCc1scnc1C)N1CCN(Cc2ccccc2)CC1.I. The summed E-state index contributed by atoms with van der Waals surface area (Å²) in [6.45, 7) is 11.0. The van der Waals surface area contributed by atoms with Crippen molar-refractivity contribution in [2.45, 2.75) is 26.9 Å². The van der Waals surface area contributed by atoms with E-state index in [1.165, 1.54) is 10.4 Å². The highest BCUT2D eigenvalue weighted by molar-refractivity contribution is 14.0. The third kappa shape index (κ3) is 5.92. The van der Waals surface area contributed by atoms with Gasteiger partial charge in [0.1, 0.15) is 0 Å². The molecule has 2 aromatic rings. The molecule has 0 radical (unpaired) electrons.